The van der Waals surface area contributed by atoms with Gasteiger partial charge in [-0.3, -0.25) is 9.59 Å². The molecule has 1 aromatic carbocycles. The summed E-state index contributed by atoms with van der Waals surface area (Å²) >= 11 is 0. The molecular weight excluding hydrogens is 310 g/mol. The maximum atomic E-state index is 12.6. The number of hydrogen-bond donors (Lipinski definition) is 1. The minimum absolute atomic E-state index is 0.165. The molecule has 7 heteroatoms. The van der Waals surface area contributed by atoms with Crippen LogP contribution in [0.1, 0.15) is 21.7 Å². The van der Waals surface area contributed by atoms with Crippen molar-refractivity contribution in [3.63, 3.8) is 0 Å². The number of rotatable bonds is 4. The summed E-state index contributed by atoms with van der Waals surface area (Å²) in [7, 11) is 3.15. The van der Waals surface area contributed by atoms with Crippen molar-refractivity contribution in [2.75, 3.05) is 7.11 Å². The van der Waals surface area contributed by atoms with Gasteiger partial charge >= 0.3 is 0 Å². The second kappa shape index (κ2) is 6.19. The summed E-state index contributed by atoms with van der Waals surface area (Å²) < 4.78 is 12.0. The zero-order valence-corrected chi connectivity index (χ0v) is 13.6. The highest BCUT2D eigenvalue weighted by Gasteiger charge is 2.22. The van der Waals surface area contributed by atoms with Gasteiger partial charge < -0.3 is 19.0 Å². The summed E-state index contributed by atoms with van der Waals surface area (Å²) in [5, 5.41) is 2.99. The molecule has 0 aliphatic rings. The van der Waals surface area contributed by atoms with Crippen LogP contribution in [0.2, 0.25) is 0 Å². The van der Waals surface area contributed by atoms with Gasteiger partial charge in [-0.05, 0) is 13.0 Å². The normalized spacial score (nSPS) is 10.8. The first-order valence-corrected chi connectivity index (χ1v) is 7.37. The van der Waals surface area contributed by atoms with Crippen LogP contribution in [0, 0.1) is 6.92 Å². The summed E-state index contributed by atoms with van der Waals surface area (Å²) in [6, 6.07) is 7.40. The number of aryl methyl sites for hydroxylation is 2. The molecule has 0 atom stereocenters. The van der Waals surface area contributed by atoms with Crippen molar-refractivity contribution in [2.24, 2.45) is 7.05 Å². The van der Waals surface area contributed by atoms with E-state index in [9.17, 15) is 9.59 Å². The quantitative estimate of drug-likeness (QED) is 0.789. The standard InChI is InChI=1S/C17H17N3O4/c1-10-13(14-16(24-10)19-9-20(2)17(14)22)15(21)18-8-11-6-4-5-7-12(11)23-3/h4-7,9H,8H2,1-3H3,(H,18,21). The molecule has 2 heterocycles. The molecule has 0 saturated carbocycles. The molecule has 2 aromatic heterocycles. The predicted molar refractivity (Wildman–Crippen MR) is 88.2 cm³/mol. The number of nitrogens with zero attached hydrogens (tertiary/aromatic N) is 2. The second-order valence-corrected chi connectivity index (χ2v) is 5.37. The third-order valence-electron chi connectivity index (χ3n) is 3.81. The molecular formula is C17H17N3O4. The molecule has 0 bridgehead atoms. The van der Waals surface area contributed by atoms with Gasteiger partial charge in [-0.25, -0.2) is 4.98 Å². The molecule has 0 saturated heterocycles. The molecule has 3 aromatic rings. The van der Waals surface area contributed by atoms with E-state index in [0.717, 1.165) is 5.56 Å². The van der Waals surface area contributed by atoms with E-state index in [1.807, 2.05) is 24.3 Å². The van der Waals surface area contributed by atoms with Crippen LogP contribution < -0.4 is 15.6 Å². The van der Waals surface area contributed by atoms with Gasteiger partial charge in [-0.1, -0.05) is 18.2 Å². The molecule has 0 radical (unpaired) electrons. The second-order valence-electron chi connectivity index (χ2n) is 5.37. The average Bonchev–Trinajstić information content (AvgIpc) is 2.93. The number of amides is 1. The Labute approximate surface area is 137 Å². The van der Waals surface area contributed by atoms with Crippen molar-refractivity contribution in [3.8, 4) is 5.75 Å². The third-order valence-corrected chi connectivity index (χ3v) is 3.81. The van der Waals surface area contributed by atoms with Gasteiger partial charge in [0.25, 0.3) is 11.5 Å². The number of carbonyl (C=O) groups is 1. The van der Waals surface area contributed by atoms with Crippen molar-refractivity contribution >= 4 is 17.0 Å². The van der Waals surface area contributed by atoms with E-state index in [-0.39, 0.29) is 34.7 Å². The van der Waals surface area contributed by atoms with E-state index in [2.05, 4.69) is 10.3 Å². The van der Waals surface area contributed by atoms with Crippen molar-refractivity contribution in [1.82, 2.24) is 14.9 Å². The Bertz CT molecular complexity index is 972. The topological polar surface area (TPSA) is 86.4 Å². The number of aromatic nitrogens is 2. The number of carbonyl (C=O) groups excluding carboxylic acids is 1. The SMILES string of the molecule is COc1ccccc1CNC(=O)c1c(C)oc2ncn(C)c(=O)c12. The van der Waals surface area contributed by atoms with Crippen LogP contribution in [0.4, 0.5) is 0 Å². The highest BCUT2D eigenvalue weighted by atomic mass is 16.5. The van der Waals surface area contributed by atoms with E-state index in [0.29, 0.717) is 11.5 Å². The Kier molecular flexibility index (Phi) is 4.07. The van der Waals surface area contributed by atoms with E-state index in [1.165, 1.54) is 10.9 Å². The predicted octanol–water partition coefficient (Wildman–Crippen LogP) is 1.77. The minimum Gasteiger partial charge on any atom is -0.496 e. The highest BCUT2D eigenvalue weighted by molar-refractivity contribution is 6.06. The number of fused-ring (bicyclic) bond motifs is 1. The van der Waals surface area contributed by atoms with Gasteiger partial charge in [0.05, 0.1) is 12.7 Å². The van der Waals surface area contributed by atoms with Crippen LogP contribution in [-0.4, -0.2) is 22.6 Å². The van der Waals surface area contributed by atoms with Crippen LogP contribution in [0.15, 0.2) is 39.8 Å². The molecule has 1 N–H and O–H groups in total. The number of methoxy groups -OCH3 is 1. The van der Waals surface area contributed by atoms with Crippen molar-refractivity contribution in [1.29, 1.82) is 0 Å². The van der Waals surface area contributed by atoms with Crippen LogP contribution in [0.25, 0.3) is 11.1 Å². The number of hydrogen-bond acceptors (Lipinski definition) is 5. The van der Waals surface area contributed by atoms with Crippen molar-refractivity contribution < 1.29 is 13.9 Å². The van der Waals surface area contributed by atoms with Gasteiger partial charge in [-0.15, -0.1) is 0 Å². The largest absolute Gasteiger partial charge is 0.496 e. The van der Waals surface area contributed by atoms with E-state index in [1.54, 1.807) is 21.1 Å². The lowest BCUT2D eigenvalue weighted by Crippen LogP contribution is -2.26. The highest BCUT2D eigenvalue weighted by Crippen LogP contribution is 2.21. The van der Waals surface area contributed by atoms with Gasteiger partial charge in [0, 0.05) is 19.2 Å². The Balaban J connectivity index is 1.93. The first kappa shape index (κ1) is 15.8. The van der Waals surface area contributed by atoms with Crippen molar-refractivity contribution in [3.05, 3.63) is 57.8 Å². The van der Waals surface area contributed by atoms with Gasteiger partial charge in [0.2, 0.25) is 5.71 Å². The van der Waals surface area contributed by atoms with Crippen LogP contribution in [0.3, 0.4) is 0 Å². The molecule has 0 unspecified atom stereocenters. The first-order valence-electron chi connectivity index (χ1n) is 7.37. The van der Waals surface area contributed by atoms with Crippen LogP contribution >= 0.6 is 0 Å². The zero-order valence-electron chi connectivity index (χ0n) is 13.6. The number of nitrogens with one attached hydrogen (secondary N) is 1. The molecule has 0 spiro atoms. The minimum atomic E-state index is -0.387. The molecule has 7 nitrogen and oxygen atoms in total. The Morgan fingerprint density at radius 1 is 1.38 bits per heavy atom. The molecule has 0 aliphatic heterocycles. The van der Waals surface area contributed by atoms with E-state index >= 15 is 0 Å². The van der Waals surface area contributed by atoms with Gasteiger partial charge in [0.15, 0.2) is 0 Å². The molecule has 1 amide bonds. The fraction of sp³-hybridized carbons (Fsp3) is 0.235. The monoisotopic (exact) mass is 327 g/mol. The average molecular weight is 327 g/mol. The summed E-state index contributed by atoms with van der Waals surface area (Å²) in [5.74, 6) is 0.657. The molecule has 0 fully saturated rings. The lowest BCUT2D eigenvalue weighted by atomic mass is 10.1. The van der Waals surface area contributed by atoms with Crippen LogP contribution in [-0.2, 0) is 13.6 Å². The first-order chi connectivity index (χ1) is 11.5. The molecule has 0 aliphatic carbocycles. The summed E-state index contributed by atoms with van der Waals surface area (Å²) in [6.07, 6.45) is 1.37. The Morgan fingerprint density at radius 2 is 2.12 bits per heavy atom. The molecule has 124 valence electrons. The van der Waals surface area contributed by atoms with Gasteiger partial charge in [-0.2, -0.15) is 0 Å². The summed E-state index contributed by atoms with van der Waals surface area (Å²) in [6.45, 7) is 1.91. The molecule has 3 rings (SSSR count). The van der Waals surface area contributed by atoms with Gasteiger partial charge in [0.1, 0.15) is 23.2 Å². The van der Waals surface area contributed by atoms with Crippen molar-refractivity contribution in [2.45, 2.75) is 13.5 Å². The maximum Gasteiger partial charge on any atom is 0.265 e. The lowest BCUT2D eigenvalue weighted by Gasteiger charge is -2.09. The fourth-order valence-corrected chi connectivity index (χ4v) is 2.57. The number of ether oxygens (including phenoxy) is 1. The van der Waals surface area contributed by atoms with E-state index in [4.69, 9.17) is 9.15 Å². The number of furan rings is 1. The Hall–Kier alpha value is -3.09. The van der Waals surface area contributed by atoms with E-state index < -0.39 is 0 Å². The maximum absolute atomic E-state index is 12.6. The lowest BCUT2D eigenvalue weighted by molar-refractivity contribution is 0.0950. The number of para-hydroxylation sites is 1. The molecule has 24 heavy (non-hydrogen) atoms. The van der Waals surface area contributed by atoms with Crippen LogP contribution in [0.5, 0.6) is 5.75 Å². The summed E-state index contributed by atoms with van der Waals surface area (Å²) in [5.41, 5.74) is 0.899. The fourth-order valence-electron chi connectivity index (χ4n) is 2.57. The zero-order chi connectivity index (χ0) is 17.3. The summed E-state index contributed by atoms with van der Waals surface area (Å²) in [4.78, 5) is 28.9. The third kappa shape index (κ3) is 2.64. The smallest absolute Gasteiger partial charge is 0.265 e. The number of benzene rings is 1. The Morgan fingerprint density at radius 3 is 2.88 bits per heavy atom.